The monoisotopic (exact) mass is 469 g/mol. The number of nitrogens with two attached hydrogens (primary N) is 1. The molecule has 0 saturated carbocycles. The van der Waals surface area contributed by atoms with E-state index in [1.165, 1.54) is 6.33 Å². The van der Waals surface area contributed by atoms with Crippen molar-refractivity contribution in [3.05, 3.63) is 65.0 Å². The van der Waals surface area contributed by atoms with E-state index in [4.69, 9.17) is 33.7 Å². The minimum absolute atomic E-state index is 0.283. The lowest BCUT2D eigenvalue weighted by atomic mass is 10.1. The summed E-state index contributed by atoms with van der Waals surface area (Å²) in [5.41, 5.74) is 8.54. The maximum Gasteiger partial charge on any atom is 0.413 e. The number of nitrogen functional groups attached to an aromatic ring is 1. The minimum Gasteiger partial charge on any atom is -0.444 e. The molecule has 0 bridgehead atoms. The summed E-state index contributed by atoms with van der Waals surface area (Å²) in [6.45, 7) is 5.36. The fraction of sp³-hybridized carbons (Fsp3) is 0.174. The van der Waals surface area contributed by atoms with Gasteiger partial charge in [-0.05, 0) is 62.7 Å². The first-order chi connectivity index (χ1) is 15.1. The normalized spacial score (nSPS) is 11.5. The third-order valence-corrected chi connectivity index (χ3v) is 5.21. The van der Waals surface area contributed by atoms with E-state index >= 15 is 0 Å². The molecule has 2 aromatic heterocycles. The molecule has 0 aliphatic carbocycles. The molecule has 0 radical (unpaired) electrons. The van der Waals surface area contributed by atoms with Crippen LogP contribution in [0, 0.1) is 0 Å². The van der Waals surface area contributed by atoms with Crippen LogP contribution in [-0.4, -0.2) is 26.2 Å². The number of hydrogen-bond acceptors (Lipinski definition) is 5. The third-order valence-electron chi connectivity index (χ3n) is 4.60. The van der Waals surface area contributed by atoms with E-state index < -0.39 is 11.7 Å². The molecule has 32 heavy (non-hydrogen) atoms. The van der Waals surface area contributed by atoms with E-state index in [0.717, 1.165) is 11.3 Å². The molecular formula is C23H21Cl2N5O2. The van der Waals surface area contributed by atoms with E-state index in [-0.39, 0.29) is 5.82 Å². The second-order valence-electron chi connectivity index (χ2n) is 8.15. The Morgan fingerprint density at radius 3 is 2.31 bits per heavy atom. The average molecular weight is 470 g/mol. The average Bonchev–Trinajstić information content (AvgIpc) is 3.01. The van der Waals surface area contributed by atoms with Gasteiger partial charge in [0.1, 0.15) is 22.9 Å². The lowest BCUT2D eigenvalue weighted by Gasteiger charge is -2.19. The van der Waals surface area contributed by atoms with Crippen LogP contribution in [0.4, 0.5) is 16.3 Å². The molecule has 4 rings (SSSR count). The molecule has 0 unspecified atom stereocenters. The number of nitrogens with one attached hydrogen (secondary N) is 1. The second-order valence-corrected chi connectivity index (χ2v) is 8.94. The predicted octanol–water partition coefficient (Wildman–Crippen LogP) is 6.32. The van der Waals surface area contributed by atoms with Gasteiger partial charge < -0.3 is 10.5 Å². The van der Waals surface area contributed by atoms with E-state index in [1.807, 2.05) is 24.3 Å². The van der Waals surface area contributed by atoms with Crippen LogP contribution in [0.15, 0.2) is 54.9 Å². The Morgan fingerprint density at radius 2 is 1.69 bits per heavy atom. The largest absolute Gasteiger partial charge is 0.444 e. The van der Waals surface area contributed by atoms with Gasteiger partial charge >= 0.3 is 6.09 Å². The highest BCUT2D eigenvalue weighted by Crippen LogP contribution is 2.42. The van der Waals surface area contributed by atoms with Crippen LogP contribution >= 0.6 is 23.2 Å². The van der Waals surface area contributed by atoms with Crippen LogP contribution in [-0.2, 0) is 4.74 Å². The lowest BCUT2D eigenvalue weighted by Crippen LogP contribution is -2.27. The number of hydrogen-bond donors (Lipinski definition) is 2. The first kappa shape index (κ1) is 21.9. The van der Waals surface area contributed by atoms with Crippen molar-refractivity contribution in [1.29, 1.82) is 0 Å². The quantitative estimate of drug-likeness (QED) is 0.342. The number of rotatable bonds is 3. The zero-order valence-corrected chi connectivity index (χ0v) is 19.2. The van der Waals surface area contributed by atoms with Gasteiger partial charge in [0.25, 0.3) is 0 Å². The van der Waals surface area contributed by atoms with Gasteiger partial charge in [0, 0.05) is 22.0 Å². The van der Waals surface area contributed by atoms with Gasteiger partial charge in [0.05, 0.1) is 5.39 Å². The molecule has 0 atom stereocenters. The van der Waals surface area contributed by atoms with Crippen molar-refractivity contribution in [3.8, 4) is 16.8 Å². The summed E-state index contributed by atoms with van der Waals surface area (Å²) in [6, 6.07) is 14.5. The van der Waals surface area contributed by atoms with Crippen molar-refractivity contribution in [2.45, 2.75) is 26.4 Å². The number of aromatic nitrogens is 3. The number of carbonyl (C=O) groups excluding carboxylic acids is 1. The van der Waals surface area contributed by atoms with E-state index in [0.29, 0.717) is 32.5 Å². The molecule has 2 aromatic carbocycles. The van der Waals surface area contributed by atoms with E-state index in [1.54, 1.807) is 49.6 Å². The van der Waals surface area contributed by atoms with Gasteiger partial charge in [-0.1, -0.05) is 35.3 Å². The van der Waals surface area contributed by atoms with Gasteiger partial charge in [0.15, 0.2) is 5.65 Å². The first-order valence-electron chi connectivity index (χ1n) is 9.81. The van der Waals surface area contributed by atoms with Gasteiger partial charge in [0.2, 0.25) is 0 Å². The summed E-state index contributed by atoms with van der Waals surface area (Å²) in [7, 11) is 0. The Bertz CT molecular complexity index is 1290. The standard InChI is InChI=1S/C23H21Cl2N5O2/c1-23(2,3)32-22(31)29-20-18-17(13-4-6-14(24)7-5-13)19(25)30(21(18)28-12-27-20)16-10-8-15(26)9-11-16/h4-12H,26H2,1-3H3,(H,27,28,29,31). The number of fused-ring (bicyclic) bond motifs is 1. The number of anilines is 2. The number of benzene rings is 2. The second kappa shape index (κ2) is 8.33. The summed E-state index contributed by atoms with van der Waals surface area (Å²) in [4.78, 5) is 21.3. The van der Waals surface area contributed by atoms with Crippen LogP contribution < -0.4 is 11.1 Å². The highest BCUT2D eigenvalue weighted by molar-refractivity contribution is 6.36. The molecule has 7 nitrogen and oxygen atoms in total. The highest BCUT2D eigenvalue weighted by Gasteiger charge is 2.25. The van der Waals surface area contributed by atoms with Crippen LogP contribution in [0.2, 0.25) is 10.2 Å². The maximum atomic E-state index is 12.5. The molecule has 0 spiro atoms. The summed E-state index contributed by atoms with van der Waals surface area (Å²) < 4.78 is 7.19. The number of ether oxygens (including phenoxy) is 1. The van der Waals surface area contributed by atoms with Crippen LogP contribution in [0.5, 0.6) is 0 Å². The van der Waals surface area contributed by atoms with Crippen LogP contribution in [0.1, 0.15) is 20.8 Å². The van der Waals surface area contributed by atoms with Crippen molar-refractivity contribution in [1.82, 2.24) is 14.5 Å². The smallest absolute Gasteiger partial charge is 0.413 e. The molecule has 2 heterocycles. The van der Waals surface area contributed by atoms with E-state index in [2.05, 4.69) is 15.3 Å². The summed E-state index contributed by atoms with van der Waals surface area (Å²) in [6.07, 6.45) is 0.737. The SMILES string of the molecule is CC(C)(C)OC(=O)Nc1ncnc2c1c(-c1ccc(Cl)cc1)c(Cl)n2-c1ccc(N)cc1. The molecule has 0 aliphatic heterocycles. The topological polar surface area (TPSA) is 95.1 Å². The highest BCUT2D eigenvalue weighted by atomic mass is 35.5. The number of halogens is 2. The third kappa shape index (κ3) is 4.35. The van der Waals surface area contributed by atoms with Crippen LogP contribution in [0.25, 0.3) is 27.8 Å². The molecule has 4 aromatic rings. The van der Waals surface area contributed by atoms with Crippen LogP contribution in [0.3, 0.4) is 0 Å². The summed E-state index contributed by atoms with van der Waals surface area (Å²) >= 11 is 13.0. The summed E-state index contributed by atoms with van der Waals surface area (Å²) in [5.74, 6) is 0.283. The number of amides is 1. The molecule has 0 saturated heterocycles. The Kier molecular flexibility index (Phi) is 5.71. The predicted molar refractivity (Wildman–Crippen MR) is 129 cm³/mol. The molecule has 0 aliphatic rings. The molecule has 9 heteroatoms. The zero-order chi connectivity index (χ0) is 23.0. The molecular weight excluding hydrogens is 449 g/mol. The molecule has 164 valence electrons. The van der Waals surface area contributed by atoms with Gasteiger partial charge in [-0.15, -0.1) is 0 Å². The van der Waals surface area contributed by atoms with Crippen molar-refractivity contribution in [3.63, 3.8) is 0 Å². The fourth-order valence-corrected chi connectivity index (χ4v) is 3.83. The van der Waals surface area contributed by atoms with Gasteiger partial charge in [-0.25, -0.2) is 14.8 Å². The molecule has 1 amide bonds. The Labute approximate surface area is 195 Å². The Balaban J connectivity index is 1.96. The molecule has 3 N–H and O–H groups in total. The van der Waals surface area contributed by atoms with Crippen molar-refractivity contribution in [2.75, 3.05) is 11.1 Å². The Morgan fingerprint density at radius 1 is 1.03 bits per heavy atom. The first-order valence-corrected chi connectivity index (χ1v) is 10.6. The number of nitrogens with zero attached hydrogens (tertiary/aromatic N) is 3. The zero-order valence-electron chi connectivity index (χ0n) is 17.7. The van der Waals surface area contributed by atoms with Crippen molar-refractivity contribution < 1.29 is 9.53 Å². The van der Waals surface area contributed by atoms with Crippen molar-refractivity contribution >= 4 is 51.8 Å². The number of carbonyl (C=O) groups is 1. The lowest BCUT2D eigenvalue weighted by molar-refractivity contribution is 0.0635. The maximum absolute atomic E-state index is 12.5. The summed E-state index contributed by atoms with van der Waals surface area (Å²) in [5, 5.41) is 4.30. The minimum atomic E-state index is -0.664. The van der Waals surface area contributed by atoms with Gasteiger partial charge in [-0.2, -0.15) is 0 Å². The van der Waals surface area contributed by atoms with E-state index in [9.17, 15) is 4.79 Å². The van der Waals surface area contributed by atoms with Gasteiger partial charge in [-0.3, -0.25) is 9.88 Å². The Hall–Kier alpha value is -3.29. The fourth-order valence-electron chi connectivity index (χ4n) is 3.32. The molecule has 0 fully saturated rings. The van der Waals surface area contributed by atoms with Crippen molar-refractivity contribution in [2.24, 2.45) is 0 Å².